The van der Waals surface area contributed by atoms with E-state index >= 15 is 0 Å². The average molecular weight is 308 g/mol. The van der Waals surface area contributed by atoms with Gasteiger partial charge < -0.3 is 0 Å². The Balaban J connectivity index is 0.000001000. The van der Waals surface area contributed by atoms with Gasteiger partial charge in [-0.15, -0.1) is 11.3 Å². The molecule has 0 atom stereocenters. The van der Waals surface area contributed by atoms with E-state index in [1.807, 2.05) is 0 Å². The number of hydrogen-bond donors (Lipinski definition) is 1. The monoisotopic (exact) mass is 305 g/mol. The number of rotatable bonds is 1. The van der Waals surface area contributed by atoms with Crippen LogP contribution in [-0.2, 0) is 29.5 Å². The van der Waals surface area contributed by atoms with Gasteiger partial charge in [-0.05, 0) is 22.0 Å². The minimum atomic E-state index is -3.49. The second-order valence-corrected chi connectivity index (χ2v) is 5.24. The molecule has 0 spiro atoms. The van der Waals surface area contributed by atoms with Crippen molar-refractivity contribution in [2.75, 3.05) is 0 Å². The molecule has 1 aromatic rings. The van der Waals surface area contributed by atoms with E-state index in [4.69, 9.17) is 5.14 Å². The van der Waals surface area contributed by atoms with Gasteiger partial charge >= 0.3 is 19.5 Å². The molecular weight excluding hydrogens is 303 g/mol. The third-order valence-electron chi connectivity index (χ3n) is 0.824. The molecule has 0 aliphatic heterocycles. The summed E-state index contributed by atoms with van der Waals surface area (Å²) in [7, 11) is -3.49. The van der Waals surface area contributed by atoms with Crippen molar-refractivity contribution in [1.29, 1.82) is 0 Å². The maximum atomic E-state index is 10.6. The molecule has 56 valence electrons. The van der Waals surface area contributed by atoms with Crippen LogP contribution in [0.2, 0.25) is 0 Å². The number of halogens is 1. The van der Waals surface area contributed by atoms with Gasteiger partial charge in [0.25, 0.3) is 0 Å². The summed E-state index contributed by atoms with van der Waals surface area (Å²) >= 11 is 4.21. The van der Waals surface area contributed by atoms with E-state index in [2.05, 4.69) is 15.9 Å². The van der Waals surface area contributed by atoms with Crippen molar-refractivity contribution >= 4 is 37.3 Å². The van der Waals surface area contributed by atoms with Gasteiger partial charge in [-0.25, -0.2) is 13.6 Å². The van der Waals surface area contributed by atoms with Crippen molar-refractivity contribution in [1.82, 2.24) is 0 Å². The van der Waals surface area contributed by atoms with Crippen LogP contribution in [0.25, 0.3) is 0 Å². The third kappa shape index (κ3) is 3.29. The number of sulfonamides is 1. The number of primary sulfonamides is 1. The van der Waals surface area contributed by atoms with Crippen LogP contribution in [0.3, 0.4) is 0 Å². The van der Waals surface area contributed by atoms with Crippen molar-refractivity contribution in [3.05, 3.63) is 15.9 Å². The smallest absolute Gasteiger partial charge is 0.224 e. The Morgan fingerprint density at radius 3 is 2.27 bits per heavy atom. The summed E-state index contributed by atoms with van der Waals surface area (Å²) in [6.45, 7) is 0. The zero-order valence-corrected chi connectivity index (χ0v) is 11.6. The van der Waals surface area contributed by atoms with Crippen molar-refractivity contribution < 1.29 is 27.9 Å². The Morgan fingerprint density at radius 1 is 1.55 bits per heavy atom. The maximum Gasteiger partial charge on any atom is 2.00 e. The molecule has 0 aliphatic rings. The first-order valence-corrected chi connectivity index (χ1v) is 5.49. The molecule has 0 saturated carbocycles. The van der Waals surface area contributed by atoms with Gasteiger partial charge in [-0.2, -0.15) is 0 Å². The van der Waals surface area contributed by atoms with Crippen LogP contribution in [-0.4, -0.2) is 8.42 Å². The second kappa shape index (κ2) is 4.09. The van der Waals surface area contributed by atoms with Crippen molar-refractivity contribution in [2.45, 2.75) is 4.21 Å². The van der Waals surface area contributed by atoms with Crippen LogP contribution in [0.15, 0.2) is 20.1 Å². The number of thiophene rings is 1. The van der Waals surface area contributed by atoms with Gasteiger partial charge in [0, 0.05) is 9.85 Å². The van der Waals surface area contributed by atoms with Crippen LogP contribution in [0.4, 0.5) is 0 Å². The van der Waals surface area contributed by atoms with Crippen molar-refractivity contribution in [3.8, 4) is 0 Å². The fraction of sp³-hybridized carbons (Fsp3) is 0. The first kappa shape index (κ1) is 11.7. The van der Waals surface area contributed by atoms with Gasteiger partial charge in [0.1, 0.15) is 4.21 Å². The van der Waals surface area contributed by atoms with E-state index in [-0.39, 0.29) is 23.7 Å². The molecule has 0 amide bonds. The van der Waals surface area contributed by atoms with Crippen molar-refractivity contribution in [3.63, 3.8) is 0 Å². The van der Waals surface area contributed by atoms with Gasteiger partial charge in [0.2, 0.25) is 10.0 Å². The molecule has 7 heteroatoms. The van der Waals surface area contributed by atoms with E-state index in [0.29, 0.717) is 0 Å². The summed E-state index contributed by atoms with van der Waals surface area (Å²) in [5, 5.41) is 6.50. The summed E-state index contributed by atoms with van der Waals surface area (Å²) in [6.07, 6.45) is 0. The molecule has 3 nitrogen and oxygen atoms in total. The summed E-state index contributed by atoms with van der Waals surface area (Å²) in [6, 6.07) is 1.47. The predicted octanol–water partition coefficient (Wildman–Crippen LogP) is 1.16. The molecule has 0 aliphatic carbocycles. The fourth-order valence-electron chi connectivity index (χ4n) is 0.444. The second-order valence-electron chi connectivity index (χ2n) is 1.63. The summed E-state index contributed by atoms with van der Waals surface area (Å²) < 4.78 is 22.1. The van der Waals surface area contributed by atoms with Crippen LogP contribution in [0.5, 0.6) is 0 Å². The van der Waals surface area contributed by atoms with Crippen LogP contribution >= 0.6 is 27.3 Å². The molecule has 11 heavy (non-hydrogen) atoms. The van der Waals surface area contributed by atoms with E-state index in [0.717, 1.165) is 15.8 Å². The molecule has 2 N–H and O–H groups in total. The average Bonchev–Trinajstić information content (AvgIpc) is 2.11. The van der Waals surface area contributed by atoms with Gasteiger partial charge in [0.15, 0.2) is 0 Å². The SMILES string of the molecule is NS(=O)(=O)c1cc(Br)cs1.[Zn+2]. The molecule has 1 rings (SSSR count). The predicted molar refractivity (Wildman–Crippen MR) is 43.4 cm³/mol. The zero-order valence-electron chi connectivity index (χ0n) is 5.45. The van der Waals surface area contributed by atoms with Crippen LogP contribution < -0.4 is 5.14 Å². The third-order valence-corrected chi connectivity index (χ3v) is 3.97. The Morgan fingerprint density at radius 2 is 2.09 bits per heavy atom. The minimum Gasteiger partial charge on any atom is -0.224 e. The molecule has 0 radical (unpaired) electrons. The first-order chi connectivity index (χ1) is 4.50. The molecular formula is C4H4BrNO2S2Zn+2. The quantitative estimate of drug-likeness (QED) is 0.791. The number of nitrogens with two attached hydrogens (primary N) is 1. The Labute approximate surface area is 89.9 Å². The van der Waals surface area contributed by atoms with Gasteiger partial charge in [0.05, 0.1) is 0 Å². The molecule has 0 saturated heterocycles. The van der Waals surface area contributed by atoms with Gasteiger partial charge in [-0.1, -0.05) is 0 Å². The largest absolute Gasteiger partial charge is 2.00 e. The molecule has 0 fully saturated rings. The van der Waals surface area contributed by atoms with E-state index in [1.54, 1.807) is 5.38 Å². The molecule has 0 aromatic carbocycles. The van der Waals surface area contributed by atoms with Crippen LogP contribution in [0, 0.1) is 0 Å². The summed E-state index contributed by atoms with van der Waals surface area (Å²) in [5.41, 5.74) is 0. The molecule has 1 aromatic heterocycles. The standard InChI is InChI=1S/C4H4BrNO2S2.Zn/c5-3-1-4(9-2-3)10(6,7)8;/h1-2H,(H2,6,7,8);/q;+2. The van der Waals surface area contributed by atoms with Gasteiger partial charge in [-0.3, -0.25) is 0 Å². The van der Waals surface area contributed by atoms with E-state index in [9.17, 15) is 8.42 Å². The maximum absolute atomic E-state index is 10.6. The first-order valence-electron chi connectivity index (χ1n) is 2.27. The topological polar surface area (TPSA) is 60.2 Å². The van der Waals surface area contributed by atoms with Crippen LogP contribution in [0.1, 0.15) is 0 Å². The van der Waals surface area contributed by atoms with Crippen molar-refractivity contribution in [2.24, 2.45) is 5.14 Å². The number of hydrogen-bond acceptors (Lipinski definition) is 3. The molecule has 0 bridgehead atoms. The Hall–Kier alpha value is 0.713. The Kier molecular flexibility index (Phi) is 4.36. The zero-order chi connectivity index (χ0) is 7.78. The fourth-order valence-corrected chi connectivity index (χ4v) is 2.72. The molecule has 1 heterocycles. The normalized spacial score (nSPS) is 10.7. The summed E-state index contributed by atoms with van der Waals surface area (Å²) in [4.78, 5) is 0. The summed E-state index contributed by atoms with van der Waals surface area (Å²) in [5.74, 6) is 0. The van der Waals surface area contributed by atoms with E-state index in [1.165, 1.54) is 6.07 Å². The Bertz CT molecular complexity index is 334. The molecule has 0 unspecified atom stereocenters. The minimum absolute atomic E-state index is 0. The van der Waals surface area contributed by atoms with E-state index < -0.39 is 10.0 Å².